The summed E-state index contributed by atoms with van der Waals surface area (Å²) in [7, 11) is -2.16. The van der Waals surface area contributed by atoms with Crippen LogP contribution in [0.4, 0.5) is 10.1 Å². The standard InChI is InChI=1S/C20H20FN3O3S/c1-12-16(17-10-14(21)3-5-18(17)23-12)11-20(25)24-8-7-13-9-15(4-6-19(13)24)28(26,27)22-2/h3-6,9-10,22-23H,7-8,11H2,1-2H3. The lowest BCUT2D eigenvalue weighted by Gasteiger charge is -2.18. The van der Waals surface area contributed by atoms with E-state index in [1.165, 1.54) is 25.2 Å². The number of H-pyrrole nitrogens is 1. The number of rotatable bonds is 4. The van der Waals surface area contributed by atoms with E-state index in [4.69, 9.17) is 0 Å². The van der Waals surface area contributed by atoms with Gasteiger partial charge in [-0.05, 0) is 67.9 Å². The maximum atomic E-state index is 13.7. The summed E-state index contributed by atoms with van der Waals surface area (Å²) < 4.78 is 39.9. The number of hydrogen-bond acceptors (Lipinski definition) is 3. The molecule has 6 nitrogen and oxygen atoms in total. The maximum absolute atomic E-state index is 13.7. The Hall–Kier alpha value is -2.71. The number of nitrogens with zero attached hydrogens (tertiary/aromatic N) is 1. The Labute approximate surface area is 162 Å². The van der Waals surface area contributed by atoms with Gasteiger partial charge in [-0.15, -0.1) is 0 Å². The summed E-state index contributed by atoms with van der Waals surface area (Å²) in [5.41, 5.74) is 3.96. The number of anilines is 1. The molecule has 0 unspecified atom stereocenters. The molecule has 0 saturated heterocycles. The predicted molar refractivity (Wildman–Crippen MR) is 105 cm³/mol. The molecule has 146 valence electrons. The zero-order valence-electron chi connectivity index (χ0n) is 15.5. The maximum Gasteiger partial charge on any atom is 0.240 e. The van der Waals surface area contributed by atoms with Crippen LogP contribution in [0.15, 0.2) is 41.3 Å². The van der Waals surface area contributed by atoms with E-state index in [2.05, 4.69) is 9.71 Å². The number of carbonyl (C=O) groups is 1. The van der Waals surface area contributed by atoms with E-state index in [0.717, 1.165) is 28.0 Å². The molecule has 3 aromatic rings. The second kappa shape index (κ2) is 6.72. The molecule has 0 saturated carbocycles. The number of hydrogen-bond donors (Lipinski definition) is 2. The molecule has 2 aromatic carbocycles. The zero-order valence-corrected chi connectivity index (χ0v) is 16.4. The molecule has 8 heteroatoms. The van der Waals surface area contributed by atoms with Crippen molar-refractivity contribution in [2.45, 2.75) is 24.7 Å². The van der Waals surface area contributed by atoms with Crippen LogP contribution in [0.2, 0.25) is 0 Å². The van der Waals surface area contributed by atoms with Crippen molar-refractivity contribution in [2.24, 2.45) is 0 Å². The zero-order chi connectivity index (χ0) is 20.1. The van der Waals surface area contributed by atoms with Gasteiger partial charge in [0.2, 0.25) is 15.9 Å². The van der Waals surface area contributed by atoms with Crippen molar-refractivity contribution >= 4 is 32.5 Å². The number of nitrogens with one attached hydrogen (secondary N) is 2. The third-order valence-corrected chi connectivity index (χ3v) is 6.65. The molecular weight excluding hydrogens is 381 g/mol. The average molecular weight is 401 g/mol. The molecule has 1 aliphatic rings. The van der Waals surface area contributed by atoms with Crippen LogP contribution in [-0.2, 0) is 27.7 Å². The molecule has 0 aliphatic carbocycles. The second-order valence-electron chi connectivity index (χ2n) is 6.89. The molecule has 0 radical (unpaired) electrons. The van der Waals surface area contributed by atoms with E-state index in [1.807, 2.05) is 6.92 Å². The van der Waals surface area contributed by atoms with E-state index >= 15 is 0 Å². The number of aromatic nitrogens is 1. The summed E-state index contributed by atoms with van der Waals surface area (Å²) in [6.45, 7) is 2.36. The van der Waals surface area contributed by atoms with Crippen molar-refractivity contribution in [3.8, 4) is 0 Å². The number of aryl methyl sites for hydroxylation is 1. The fourth-order valence-electron chi connectivity index (χ4n) is 3.75. The first-order valence-corrected chi connectivity index (χ1v) is 10.4. The van der Waals surface area contributed by atoms with Crippen LogP contribution < -0.4 is 9.62 Å². The highest BCUT2D eigenvalue weighted by Crippen LogP contribution is 2.32. The van der Waals surface area contributed by atoms with Crippen LogP contribution in [-0.4, -0.2) is 32.9 Å². The van der Waals surface area contributed by atoms with Crippen LogP contribution in [0, 0.1) is 12.7 Å². The highest BCUT2D eigenvalue weighted by molar-refractivity contribution is 7.89. The van der Waals surface area contributed by atoms with E-state index < -0.39 is 10.0 Å². The molecule has 0 atom stereocenters. The van der Waals surface area contributed by atoms with E-state index in [-0.39, 0.29) is 23.0 Å². The van der Waals surface area contributed by atoms with Gasteiger partial charge in [0.05, 0.1) is 11.3 Å². The molecule has 1 aliphatic heterocycles. The van der Waals surface area contributed by atoms with Gasteiger partial charge < -0.3 is 9.88 Å². The highest BCUT2D eigenvalue weighted by Gasteiger charge is 2.27. The van der Waals surface area contributed by atoms with Crippen molar-refractivity contribution in [2.75, 3.05) is 18.5 Å². The Kier molecular flexibility index (Phi) is 4.47. The average Bonchev–Trinajstić information content (AvgIpc) is 3.22. The molecule has 1 amide bonds. The summed E-state index contributed by atoms with van der Waals surface area (Å²) in [6, 6.07) is 9.28. The number of benzene rings is 2. The fraction of sp³-hybridized carbons (Fsp3) is 0.250. The molecule has 2 heterocycles. The van der Waals surface area contributed by atoms with Gasteiger partial charge in [0.1, 0.15) is 5.82 Å². The minimum absolute atomic E-state index is 0.101. The number of carbonyl (C=O) groups excluding carboxylic acids is 1. The number of fused-ring (bicyclic) bond motifs is 2. The van der Waals surface area contributed by atoms with Gasteiger partial charge in [0.15, 0.2) is 0 Å². The lowest BCUT2D eigenvalue weighted by atomic mass is 10.1. The summed E-state index contributed by atoms with van der Waals surface area (Å²) >= 11 is 0. The number of amides is 1. The second-order valence-corrected chi connectivity index (χ2v) is 8.78. The van der Waals surface area contributed by atoms with E-state index in [0.29, 0.717) is 18.4 Å². The normalized spacial score (nSPS) is 13.9. The summed E-state index contributed by atoms with van der Waals surface area (Å²) in [5, 5.41) is 0.709. The first-order valence-electron chi connectivity index (χ1n) is 8.93. The van der Waals surface area contributed by atoms with Gasteiger partial charge in [0, 0.05) is 28.8 Å². The SMILES string of the molecule is CNS(=O)(=O)c1ccc2c(c1)CCN2C(=O)Cc1c(C)[nH]c2ccc(F)cc12. The fourth-order valence-corrected chi connectivity index (χ4v) is 4.53. The molecule has 4 rings (SSSR count). The van der Waals surface area contributed by atoms with Crippen molar-refractivity contribution in [3.63, 3.8) is 0 Å². The van der Waals surface area contributed by atoms with Crippen LogP contribution in [0.5, 0.6) is 0 Å². The van der Waals surface area contributed by atoms with Crippen LogP contribution in [0.3, 0.4) is 0 Å². The monoisotopic (exact) mass is 401 g/mol. The van der Waals surface area contributed by atoms with Gasteiger partial charge in [0.25, 0.3) is 0 Å². The Morgan fingerprint density at radius 3 is 2.79 bits per heavy atom. The predicted octanol–water partition coefficient (Wildman–Crippen LogP) is 2.66. The lowest BCUT2D eigenvalue weighted by molar-refractivity contribution is -0.117. The first kappa shape index (κ1) is 18.6. The molecule has 0 spiro atoms. The molecule has 0 bridgehead atoms. The lowest BCUT2D eigenvalue weighted by Crippen LogP contribution is -2.30. The summed E-state index contributed by atoms with van der Waals surface area (Å²) in [5.74, 6) is -0.443. The van der Waals surface area contributed by atoms with Gasteiger partial charge in [-0.25, -0.2) is 17.5 Å². The summed E-state index contributed by atoms with van der Waals surface area (Å²) in [4.78, 5) is 18.0. The minimum Gasteiger partial charge on any atom is -0.358 e. The van der Waals surface area contributed by atoms with Crippen LogP contribution >= 0.6 is 0 Å². The number of aromatic amines is 1. The van der Waals surface area contributed by atoms with Gasteiger partial charge in [-0.1, -0.05) is 0 Å². The van der Waals surface area contributed by atoms with Crippen LogP contribution in [0.25, 0.3) is 10.9 Å². The highest BCUT2D eigenvalue weighted by atomic mass is 32.2. The van der Waals surface area contributed by atoms with Gasteiger partial charge >= 0.3 is 0 Å². The van der Waals surface area contributed by atoms with E-state index in [1.54, 1.807) is 23.1 Å². The quantitative estimate of drug-likeness (QED) is 0.705. The minimum atomic E-state index is -3.53. The Morgan fingerprint density at radius 2 is 2.04 bits per heavy atom. The third-order valence-electron chi connectivity index (χ3n) is 5.24. The molecule has 1 aromatic heterocycles. The number of halogens is 1. The summed E-state index contributed by atoms with van der Waals surface area (Å²) in [6.07, 6.45) is 0.737. The first-order chi connectivity index (χ1) is 13.3. The van der Waals surface area contributed by atoms with Crippen LogP contribution in [0.1, 0.15) is 16.8 Å². The molecule has 28 heavy (non-hydrogen) atoms. The Balaban J connectivity index is 1.64. The number of sulfonamides is 1. The van der Waals surface area contributed by atoms with Crippen molar-refractivity contribution in [1.82, 2.24) is 9.71 Å². The van der Waals surface area contributed by atoms with E-state index in [9.17, 15) is 17.6 Å². The Morgan fingerprint density at radius 1 is 1.25 bits per heavy atom. The van der Waals surface area contributed by atoms with Crippen molar-refractivity contribution in [3.05, 3.63) is 59.0 Å². The van der Waals surface area contributed by atoms with Crippen molar-refractivity contribution < 1.29 is 17.6 Å². The third kappa shape index (κ3) is 3.08. The van der Waals surface area contributed by atoms with Gasteiger partial charge in [-0.3, -0.25) is 4.79 Å². The van der Waals surface area contributed by atoms with Gasteiger partial charge in [-0.2, -0.15) is 0 Å². The molecular formula is C20H20FN3O3S. The topological polar surface area (TPSA) is 82.3 Å². The Bertz CT molecular complexity index is 1200. The molecule has 2 N–H and O–H groups in total. The van der Waals surface area contributed by atoms with Crippen molar-refractivity contribution in [1.29, 1.82) is 0 Å². The largest absolute Gasteiger partial charge is 0.358 e. The molecule has 0 fully saturated rings. The smallest absolute Gasteiger partial charge is 0.240 e.